The molecule has 0 unspecified atom stereocenters. The van der Waals surface area contributed by atoms with Crippen molar-refractivity contribution in [2.75, 3.05) is 7.05 Å². The molecule has 0 aromatic heterocycles. The Balaban J connectivity index is 2.76. The standard InChI is InChI=1S/C15H24N2O/c1-10-9-11(2)13(4)14(12(10)3)7-6-8-15(18)17(5)16/h9H,6-8,16H2,1-5H3. The Labute approximate surface area is 110 Å². The molecule has 3 heteroatoms. The molecule has 0 saturated carbocycles. The van der Waals surface area contributed by atoms with E-state index >= 15 is 0 Å². The maximum Gasteiger partial charge on any atom is 0.236 e. The number of hydrogen-bond acceptors (Lipinski definition) is 2. The van der Waals surface area contributed by atoms with E-state index in [-0.39, 0.29) is 5.91 Å². The van der Waals surface area contributed by atoms with E-state index in [9.17, 15) is 4.79 Å². The van der Waals surface area contributed by atoms with Crippen molar-refractivity contribution >= 4 is 5.91 Å². The van der Waals surface area contributed by atoms with Crippen molar-refractivity contribution in [3.63, 3.8) is 0 Å². The zero-order valence-electron chi connectivity index (χ0n) is 12.1. The number of amides is 1. The highest BCUT2D eigenvalue weighted by Gasteiger charge is 2.10. The molecule has 0 atom stereocenters. The molecule has 0 aliphatic carbocycles. The Morgan fingerprint density at radius 2 is 1.67 bits per heavy atom. The number of carbonyl (C=O) groups excluding carboxylic acids is 1. The Hall–Kier alpha value is -1.35. The summed E-state index contributed by atoms with van der Waals surface area (Å²) in [7, 11) is 1.59. The molecule has 0 aliphatic heterocycles. The van der Waals surface area contributed by atoms with E-state index < -0.39 is 0 Å². The number of carbonyl (C=O) groups is 1. The molecule has 0 radical (unpaired) electrons. The summed E-state index contributed by atoms with van der Waals surface area (Å²) in [4.78, 5) is 11.4. The van der Waals surface area contributed by atoms with Crippen molar-refractivity contribution in [1.29, 1.82) is 0 Å². The third kappa shape index (κ3) is 3.33. The fourth-order valence-electron chi connectivity index (χ4n) is 2.27. The second-order valence-corrected chi connectivity index (χ2v) is 5.10. The molecule has 0 bridgehead atoms. The van der Waals surface area contributed by atoms with Crippen LogP contribution in [0.25, 0.3) is 0 Å². The van der Waals surface area contributed by atoms with Gasteiger partial charge in [0, 0.05) is 13.5 Å². The lowest BCUT2D eigenvalue weighted by Gasteiger charge is -2.15. The van der Waals surface area contributed by atoms with Crippen LogP contribution >= 0.6 is 0 Å². The van der Waals surface area contributed by atoms with Crippen molar-refractivity contribution in [3.05, 3.63) is 33.9 Å². The lowest BCUT2D eigenvalue weighted by molar-refractivity contribution is -0.130. The van der Waals surface area contributed by atoms with Gasteiger partial charge in [-0.2, -0.15) is 0 Å². The van der Waals surface area contributed by atoms with Gasteiger partial charge in [0.05, 0.1) is 0 Å². The van der Waals surface area contributed by atoms with E-state index in [4.69, 9.17) is 5.84 Å². The number of nitrogens with zero attached hydrogens (tertiary/aromatic N) is 1. The van der Waals surface area contributed by atoms with Crippen molar-refractivity contribution in [2.45, 2.75) is 47.0 Å². The minimum Gasteiger partial charge on any atom is -0.284 e. The first-order chi connectivity index (χ1) is 8.34. The minimum atomic E-state index is -0.00492. The molecular formula is C15H24N2O. The molecule has 0 fully saturated rings. The van der Waals surface area contributed by atoms with Crippen molar-refractivity contribution < 1.29 is 4.79 Å². The summed E-state index contributed by atoms with van der Waals surface area (Å²) in [5, 5.41) is 1.17. The monoisotopic (exact) mass is 248 g/mol. The van der Waals surface area contributed by atoms with Gasteiger partial charge in [-0.1, -0.05) is 6.07 Å². The van der Waals surface area contributed by atoms with Crippen LogP contribution in [0.3, 0.4) is 0 Å². The Bertz CT molecular complexity index is 424. The molecule has 18 heavy (non-hydrogen) atoms. The fourth-order valence-corrected chi connectivity index (χ4v) is 2.27. The summed E-state index contributed by atoms with van der Waals surface area (Å²) in [6.07, 6.45) is 2.31. The lowest BCUT2D eigenvalue weighted by Crippen LogP contribution is -2.32. The largest absolute Gasteiger partial charge is 0.284 e. The molecule has 3 nitrogen and oxygen atoms in total. The van der Waals surface area contributed by atoms with Gasteiger partial charge >= 0.3 is 0 Å². The van der Waals surface area contributed by atoms with Crippen molar-refractivity contribution in [3.8, 4) is 0 Å². The first kappa shape index (κ1) is 14.7. The molecule has 1 rings (SSSR count). The smallest absolute Gasteiger partial charge is 0.236 e. The van der Waals surface area contributed by atoms with Gasteiger partial charge in [0.15, 0.2) is 0 Å². The van der Waals surface area contributed by atoms with E-state index in [1.807, 2.05) is 0 Å². The van der Waals surface area contributed by atoms with Gasteiger partial charge in [0.1, 0.15) is 0 Å². The molecule has 0 aliphatic rings. The third-order valence-corrected chi connectivity index (χ3v) is 3.73. The predicted octanol–water partition coefficient (Wildman–Crippen LogP) is 2.58. The van der Waals surface area contributed by atoms with Gasteiger partial charge in [0.25, 0.3) is 0 Å². The normalized spacial score (nSPS) is 10.6. The van der Waals surface area contributed by atoms with E-state index in [2.05, 4.69) is 33.8 Å². The number of benzene rings is 1. The maximum atomic E-state index is 11.4. The Kier molecular flexibility index (Phi) is 4.91. The summed E-state index contributed by atoms with van der Waals surface area (Å²) in [6, 6.07) is 2.23. The molecule has 1 aromatic carbocycles. The van der Waals surface area contributed by atoms with E-state index in [1.54, 1.807) is 7.05 Å². The zero-order chi connectivity index (χ0) is 13.9. The number of rotatable bonds is 4. The quantitative estimate of drug-likeness (QED) is 0.506. The van der Waals surface area contributed by atoms with Crippen LogP contribution in [0.15, 0.2) is 6.07 Å². The first-order valence-electron chi connectivity index (χ1n) is 6.42. The van der Waals surface area contributed by atoms with E-state index in [0.29, 0.717) is 6.42 Å². The van der Waals surface area contributed by atoms with E-state index in [1.165, 1.54) is 32.8 Å². The first-order valence-corrected chi connectivity index (χ1v) is 6.42. The second-order valence-electron chi connectivity index (χ2n) is 5.10. The van der Waals surface area contributed by atoms with Gasteiger partial charge in [-0.15, -0.1) is 0 Å². The molecule has 0 spiro atoms. The highest BCUT2D eigenvalue weighted by atomic mass is 16.2. The molecule has 0 heterocycles. The molecule has 1 aromatic rings. The maximum absolute atomic E-state index is 11.4. The van der Waals surface area contributed by atoms with Crippen LogP contribution in [0, 0.1) is 27.7 Å². The Morgan fingerprint density at radius 3 is 2.11 bits per heavy atom. The van der Waals surface area contributed by atoms with Gasteiger partial charge in [0.2, 0.25) is 5.91 Å². The number of hydrazine groups is 1. The van der Waals surface area contributed by atoms with Crippen LogP contribution in [0.1, 0.15) is 40.7 Å². The van der Waals surface area contributed by atoms with Crippen LogP contribution in [-0.2, 0) is 11.2 Å². The van der Waals surface area contributed by atoms with Gasteiger partial charge in [-0.3, -0.25) is 9.80 Å². The highest BCUT2D eigenvalue weighted by molar-refractivity contribution is 5.75. The summed E-state index contributed by atoms with van der Waals surface area (Å²) >= 11 is 0. The van der Waals surface area contributed by atoms with Crippen LogP contribution in [-0.4, -0.2) is 18.0 Å². The summed E-state index contributed by atoms with van der Waals surface area (Å²) in [5.41, 5.74) is 6.75. The average Bonchev–Trinajstić information content (AvgIpc) is 2.30. The third-order valence-electron chi connectivity index (χ3n) is 3.73. The lowest BCUT2D eigenvalue weighted by atomic mass is 9.91. The second kappa shape index (κ2) is 6.01. The van der Waals surface area contributed by atoms with Crippen LogP contribution in [0.4, 0.5) is 0 Å². The van der Waals surface area contributed by atoms with Crippen LogP contribution in [0.2, 0.25) is 0 Å². The summed E-state index contributed by atoms with van der Waals surface area (Å²) in [5.74, 6) is 5.40. The molecule has 1 amide bonds. The van der Waals surface area contributed by atoms with Crippen LogP contribution in [0.5, 0.6) is 0 Å². The summed E-state index contributed by atoms with van der Waals surface area (Å²) in [6.45, 7) is 8.61. The van der Waals surface area contributed by atoms with Gasteiger partial charge in [-0.25, -0.2) is 5.84 Å². The number of aryl methyl sites for hydroxylation is 2. The number of hydrogen-bond donors (Lipinski definition) is 1. The molecule has 2 N–H and O–H groups in total. The van der Waals surface area contributed by atoms with Crippen LogP contribution < -0.4 is 5.84 Å². The molecule has 100 valence electrons. The highest BCUT2D eigenvalue weighted by Crippen LogP contribution is 2.23. The van der Waals surface area contributed by atoms with Crippen molar-refractivity contribution in [2.24, 2.45) is 5.84 Å². The van der Waals surface area contributed by atoms with Gasteiger partial charge in [-0.05, 0) is 68.4 Å². The predicted molar refractivity (Wildman–Crippen MR) is 75.3 cm³/mol. The topological polar surface area (TPSA) is 46.3 Å². The number of nitrogens with two attached hydrogens (primary N) is 1. The van der Waals surface area contributed by atoms with Gasteiger partial charge < -0.3 is 0 Å². The fraction of sp³-hybridized carbons (Fsp3) is 0.533. The minimum absolute atomic E-state index is 0.00492. The molecule has 0 saturated heterocycles. The van der Waals surface area contributed by atoms with Crippen molar-refractivity contribution in [1.82, 2.24) is 5.01 Å². The SMILES string of the molecule is Cc1cc(C)c(C)c(CCCC(=O)N(C)N)c1C. The molecular weight excluding hydrogens is 224 g/mol. The summed E-state index contributed by atoms with van der Waals surface area (Å²) < 4.78 is 0. The zero-order valence-corrected chi connectivity index (χ0v) is 12.1. The average molecular weight is 248 g/mol. The van der Waals surface area contributed by atoms with E-state index in [0.717, 1.165) is 12.8 Å². The Morgan fingerprint density at radius 1 is 1.17 bits per heavy atom.